The Morgan fingerprint density at radius 2 is 2.04 bits per heavy atom. The van der Waals surface area contributed by atoms with Crippen molar-refractivity contribution in [3.05, 3.63) is 52.0 Å². The number of rotatable bonds is 3. The summed E-state index contributed by atoms with van der Waals surface area (Å²) in [5.41, 5.74) is 0.510. The van der Waals surface area contributed by atoms with Crippen LogP contribution >= 0.6 is 11.3 Å². The van der Waals surface area contributed by atoms with Gasteiger partial charge in [0, 0.05) is 12.4 Å². The molecule has 3 rings (SSSR count). The van der Waals surface area contributed by atoms with Gasteiger partial charge in [0.25, 0.3) is 5.91 Å². The molecule has 0 aliphatic heterocycles. The quantitative estimate of drug-likeness (QED) is 0.743. The van der Waals surface area contributed by atoms with E-state index in [9.17, 15) is 18.0 Å². The van der Waals surface area contributed by atoms with Crippen molar-refractivity contribution in [2.75, 3.05) is 0 Å². The Labute approximate surface area is 146 Å². The van der Waals surface area contributed by atoms with E-state index in [1.54, 1.807) is 30.8 Å². The molecule has 2 aromatic heterocycles. The number of aryl methyl sites for hydroxylation is 2. The lowest BCUT2D eigenvalue weighted by Crippen LogP contribution is -2.26. The maximum Gasteiger partial charge on any atom is 0.416 e. The number of fused-ring (bicyclic) bond motifs is 1. The van der Waals surface area contributed by atoms with Crippen molar-refractivity contribution in [3.8, 4) is 0 Å². The zero-order valence-corrected chi connectivity index (χ0v) is 14.6. The van der Waals surface area contributed by atoms with Gasteiger partial charge >= 0.3 is 6.18 Å². The number of amides is 1. The number of carbonyl (C=O) groups is 1. The summed E-state index contributed by atoms with van der Waals surface area (Å²) >= 11 is 1.31. The molecule has 0 spiro atoms. The number of carbonyl (C=O) groups excluding carboxylic acids is 1. The molecule has 25 heavy (non-hydrogen) atoms. The zero-order valence-electron chi connectivity index (χ0n) is 13.8. The molecule has 0 bridgehead atoms. The van der Waals surface area contributed by atoms with Gasteiger partial charge in [-0.3, -0.25) is 9.48 Å². The van der Waals surface area contributed by atoms with Gasteiger partial charge in [0.05, 0.1) is 22.2 Å². The summed E-state index contributed by atoms with van der Waals surface area (Å²) in [4.78, 5) is 13.8. The van der Waals surface area contributed by atoms with Crippen LogP contribution in [-0.4, -0.2) is 15.7 Å². The maximum absolute atomic E-state index is 12.8. The number of benzene rings is 1. The van der Waals surface area contributed by atoms with E-state index in [0.717, 1.165) is 28.0 Å². The lowest BCUT2D eigenvalue weighted by molar-refractivity contribution is -0.137. The second-order valence-electron chi connectivity index (χ2n) is 5.86. The first kappa shape index (κ1) is 17.5. The monoisotopic (exact) mass is 367 g/mol. The number of alkyl halides is 3. The number of hydrogen-bond donors (Lipinski definition) is 1. The maximum atomic E-state index is 12.8. The van der Waals surface area contributed by atoms with E-state index in [4.69, 9.17) is 0 Å². The van der Waals surface area contributed by atoms with Crippen LogP contribution in [0.25, 0.3) is 10.2 Å². The molecule has 8 heteroatoms. The van der Waals surface area contributed by atoms with Gasteiger partial charge < -0.3 is 5.32 Å². The third-order valence-electron chi connectivity index (χ3n) is 3.98. The van der Waals surface area contributed by atoms with Crippen LogP contribution in [0.15, 0.2) is 30.3 Å². The van der Waals surface area contributed by atoms with Crippen LogP contribution in [0.5, 0.6) is 0 Å². The zero-order chi connectivity index (χ0) is 18.4. The van der Waals surface area contributed by atoms with Gasteiger partial charge in [0.2, 0.25) is 0 Å². The van der Waals surface area contributed by atoms with Crippen molar-refractivity contribution in [2.45, 2.75) is 26.1 Å². The Morgan fingerprint density at radius 1 is 1.32 bits per heavy atom. The van der Waals surface area contributed by atoms with Gasteiger partial charge in [-0.1, -0.05) is 12.1 Å². The van der Waals surface area contributed by atoms with Crippen molar-refractivity contribution >= 4 is 27.5 Å². The average molecular weight is 367 g/mol. The molecule has 1 amide bonds. The molecule has 3 aromatic rings. The summed E-state index contributed by atoms with van der Waals surface area (Å²) in [6, 6.07) is 6.20. The van der Waals surface area contributed by atoms with Crippen molar-refractivity contribution < 1.29 is 18.0 Å². The summed E-state index contributed by atoms with van der Waals surface area (Å²) in [6.07, 6.45) is -4.41. The fraction of sp³-hybridized carbons (Fsp3) is 0.294. The molecule has 2 heterocycles. The number of thiophene rings is 1. The number of aromatic nitrogens is 2. The summed E-state index contributed by atoms with van der Waals surface area (Å²) < 4.78 is 40.2. The Bertz CT molecular complexity index is 908. The summed E-state index contributed by atoms with van der Waals surface area (Å²) in [5, 5.41) is 7.94. The topological polar surface area (TPSA) is 46.9 Å². The summed E-state index contributed by atoms with van der Waals surface area (Å²) in [6.45, 7) is 3.52. The SMILES string of the molecule is Cc1nn(C)c2sc(C(=O)NC(C)c3cccc(C(F)(F)F)c3)cc12. The van der Waals surface area contributed by atoms with E-state index in [2.05, 4.69) is 10.4 Å². The van der Waals surface area contributed by atoms with Crippen molar-refractivity contribution in [1.82, 2.24) is 15.1 Å². The molecule has 0 fully saturated rings. The molecule has 0 saturated carbocycles. The Morgan fingerprint density at radius 3 is 2.68 bits per heavy atom. The van der Waals surface area contributed by atoms with Crippen LogP contribution in [0.2, 0.25) is 0 Å². The van der Waals surface area contributed by atoms with E-state index >= 15 is 0 Å². The normalized spacial score (nSPS) is 13.2. The van der Waals surface area contributed by atoms with E-state index in [0.29, 0.717) is 10.4 Å². The second kappa shape index (κ2) is 6.18. The molecule has 1 aromatic carbocycles. The first-order chi connectivity index (χ1) is 11.7. The van der Waals surface area contributed by atoms with Crippen LogP contribution in [0.4, 0.5) is 13.2 Å². The van der Waals surface area contributed by atoms with Crippen LogP contribution in [-0.2, 0) is 13.2 Å². The Kier molecular flexibility index (Phi) is 4.32. The van der Waals surface area contributed by atoms with Gasteiger partial charge in [-0.2, -0.15) is 18.3 Å². The lowest BCUT2D eigenvalue weighted by Gasteiger charge is -2.15. The smallest absolute Gasteiger partial charge is 0.345 e. The van der Waals surface area contributed by atoms with Gasteiger partial charge in [-0.15, -0.1) is 11.3 Å². The molecule has 132 valence electrons. The molecule has 0 radical (unpaired) electrons. The highest BCUT2D eigenvalue weighted by Crippen LogP contribution is 2.31. The predicted octanol–water partition coefficient (Wildman–Crippen LogP) is 4.45. The second-order valence-corrected chi connectivity index (χ2v) is 6.89. The lowest BCUT2D eigenvalue weighted by atomic mass is 10.0. The van der Waals surface area contributed by atoms with Crippen molar-refractivity contribution in [2.24, 2.45) is 7.05 Å². The molecule has 1 N–H and O–H groups in total. The molecule has 0 aliphatic rings. The molecular weight excluding hydrogens is 351 g/mol. The summed E-state index contributed by atoms with van der Waals surface area (Å²) in [7, 11) is 1.80. The first-order valence-corrected chi connectivity index (χ1v) is 8.39. The minimum atomic E-state index is -4.41. The molecule has 1 unspecified atom stereocenters. The summed E-state index contributed by atoms with van der Waals surface area (Å²) in [5.74, 6) is -0.314. The van der Waals surface area contributed by atoms with E-state index < -0.39 is 17.8 Å². The number of halogens is 3. The molecule has 0 aliphatic carbocycles. The molecule has 0 saturated heterocycles. The standard InChI is InChI=1S/C17H16F3N3OS/c1-9(11-5-4-6-12(7-11)17(18,19)20)21-15(24)14-8-13-10(2)22-23(3)16(13)25-14/h4-9H,1-3H3,(H,21,24). The highest BCUT2D eigenvalue weighted by Gasteiger charge is 2.30. The van der Waals surface area contributed by atoms with E-state index in [-0.39, 0.29) is 5.91 Å². The first-order valence-electron chi connectivity index (χ1n) is 7.58. The van der Waals surface area contributed by atoms with Crippen LogP contribution in [0, 0.1) is 6.92 Å². The van der Waals surface area contributed by atoms with Gasteiger partial charge in [-0.25, -0.2) is 0 Å². The highest BCUT2D eigenvalue weighted by molar-refractivity contribution is 7.20. The minimum Gasteiger partial charge on any atom is -0.345 e. The van der Waals surface area contributed by atoms with Crippen LogP contribution in [0.1, 0.15) is 39.5 Å². The number of nitrogens with one attached hydrogen (secondary N) is 1. The van der Waals surface area contributed by atoms with Crippen LogP contribution < -0.4 is 5.32 Å². The number of hydrogen-bond acceptors (Lipinski definition) is 3. The average Bonchev–Trinajstić information content (AvgIpc) is 3.09. The molecular formula is C17H16F3N3OS. The Hall–Kier alpha value is -2.35. The molecule has 1 atom stereocenters. The van der Waals surface area contributed by atoms with E-state index in [1.165, 1.54) is 17.4 Å². The largest absolute Gasteiger partial charge is 0.416 e. The Balaban J connectivity index is 1.81. The van der Waals surface area contributed by atoms with Gasteiger partial charge in [0.15, 0.2) is 0 Å². The van der Waals surface area contributed by atoms with Crippen molar-refractivity contribution in [1.29, 1.82) is 0 Å². The third kappa shape index (κ3) is 3.39. The fourth-order valence-electron chi connectivity index (χ4n) is 2.65. The van der Waals surface area contributed by atoms with E-state index in [1.807, 2.05) is 6.92 Å². The van der Waals surface area contributed by atoms with Gasteiger partial charge in [0.1, 0.15) is 4.83 Å². The minimum absolute atomic E-state index is 0.314. The van der Waals surface area contributed by atoms with Gasteiger partial charge in [-0.05, 0) is 37.6 Å². The molecule has 4 nitrogen and oxygen atoms in total. The van der Waals surface area contributed by atoms with Crippen LogP contribution in [0.3, 0.4) is 0 Å². The third-order valence-corrected chi connectivity index (χ3v) is 5.18. The van der Waals surface area contributed by atoms with Crippen molar-refractivity contribution in [3.63, 3.8) is 0 Å². The highest BCUT2D eigenvalue weighted by atomic mass is 32.1. The number of nitrogens with zero attached hydrogens (tertiary/aromatic N) is 2. The fourth-order valence-corrected chi connectivity index (χ4v) is 3.68. The predicted molar refractivity (Wildman–Crippen MR) is 90.7 cm³/mol.